The Balaban J connectivity index is 2.93. The third-order valence-corrected chi connectivity index (χ3v) is 2.80. The summed E-state index contributed by atoms with van der Waals surface area (Å²) in [5.41, 5.74) is 0.214. The van der Waals surface area contributed by atoms with Crippen LogP contribution in [-0.2, 0) is 9.53 Å². The summed E-state index contributed by atoms with van der Waals surface area (Å²) in [5, 5.41) is 0.441. The molecule has 1 rings (SSSR count). The molecular formula is C17H23ClO4. The molecule has 22 heavy (non-hydrogen) atoms. The van der Waals surface area contributed by atoms with Gasteiger partial charge in [0.15, 0.2) is 11.5 Å². The molecule has 0 bridgehead atoms. The summed E-state index contributed by atoms with van der Waals surface area (Å²) in [4.78, 5) is 11.7. The maximum Gasteiger partial charge on any atom is 0.331 e. The van der Waals surface area contributed by atoms with Crippen LogP contribution in [0.3, 0.4) is 0 Å². The zero-order valence-electron chi connectivity index (χ0n) is 13.7. The molecule has 0 heterocycles. The Labute approximate surface area is 137 Å². The molecule has 0 saturated carbocycles. The quantitative estimate of drug-likeness (QED) is 0.570. The van der Waals surface area contributed by atoms with Crippen LogP contribution in [0.5, 0.6) is 11.5 Å². The summed E-state index contributed by atoms with van der Waals surface area (Å²) in [6, 6.07) is 3.48. The smallest absolute Gasteiger partial charge is 0.331 e. The third kappa shape index (κ3) is 5.98. The summed E-state index contributed by atoms with van der Waals surface area (Å²) in [6.45, 7) is 8.02. The van der Waals surface area contributed by atoms with Gasteiger partial charge in [0.25, 0.3) is 0 Å². The Morgan fingerprint density at radius 1 is 1.32 bits per heavy atom. The van der Waals surface area contributed by atoms with E-state index in [1.54, 1.807) is 25.3 Å². The predicted molar refractivity (Wildman–Crippen MR) is 88.7 cm³/mol. The van der Waals surface area contributed by atoms with Crippen LogP contribution in [0.15, 0.2) is 18.2 Å². The van der Waals surface area contributed by atoms with Gasteiger partial charge < -0.3 is 14.2 Å². The van der Waals surface area contributed by atoms with E-state index in [1.807, 2.05) is 27.7 Å². The van der Waals surface area contributed by atoms with Crippen molar-refractivity contribution in [3.63, 3.8) is 0 Å². The molecule has 0 aliphatic carbocycles. The Kier molecular flexibility index (Phi) is 6.75. The van der Waals surface area contributed by atoms with Crippen LogP contribution >= 0.6 is 11.6 Å². The standard InChI is InChI=1S/C17H23ClO4/c1-6-9-21-16-13(18)10-12(11-14(16)20-5)7-8-15(19)22-17(2,3)4/h7-8,10-11H,6,9H2,1-5H3/b8-7+. The van der Waals surface area contributed by atoms with E-state index in [0.29, 0.717) is 23.1 Å². The van der Waals surface area contributed by atoms with Crippen LogP contribution < -0.4 is 9.47 Å². The first-order valence-corrected chi connectivity index (χ1v) is 7.56. The van der Waals surface area contributed by atoms with Crippen LogP contribution in [-0.4, -0.2) is 25.3 Å². The van der Waals surface area contributed by atoms with Gasteiger partial charge in [-0.05, 0) is 51.0 Å². The first-order chi connectivity index (χ1) is 10.3. The molecule has 4 nitrogen and oxygen atoms in total. The molecule has 1 aromatic carbocycles. The molecule has 0 aromatic heterocycles. The predicted octanol–water partition coefficient (Wildman–Crippen LogP) is 4.49. The zero-order valence-corrected chi connectivity index (χ0v) is 14.5. The van der Waals surface area contributed by atoms with E-state index < -0.39 is 11.6 Å². The van der Waals surface area contributed by atoms with Crippen LogP contribution in [0.25, 0.3) is 6.08 Å². The SMILES string of the molecule is CCCOc1c(Cl)cc(/C=C/C(=O)OC(C)(C)C)cc1OC. The molecule has 122 valence electrons. The van der Waals surface area contributed by atoms with Crippen LogP contribution in [0, 0.1) is 0 Å². The van der Waals surface area contributed by atoms with Gasteiger partial charge in [-0.3, -0.25) is 0 Å². The van der Waals surface area contributed by atoms with Gasteiger partial charge in [-0.25, -0.2) is 4.79 Å². The molecule has 0 N–H and O–H groups in total. The number of esters is 1. The molecule has 0 fully saturated rings. The molecule has 0 aliphatic heterocycles. The van der Waals surface area contributed by atoms with Crippen molar-refractivity contribution >= 4 is 23.6 Å². The van der Waals surface area contributed by atoms with Crippen LogP contribution in [0.2, 0.25) is 5.02 Å². The van der Waals surface area contributed by atoms with Gasteiger partial charge in [0, 0.05) is 6.08 Å². The van der Waals surface area contributed by atoms with Crippen molar-refractivity contribution < 1.29 is 19.0 Å². The van der Waals surface area contributed by atoms with Gasteiger partial charge in [-0.15, -0.1) is 0 Å². The minimum atomic E-state index is -0.519. The van der Waals surface area contributed by atoms with E-state index in [4.69, 9.17) is 25.8 Å². The largest absolute Gasteiger partial charge is 0.493 e. The number of benzene rings is 1. The highest BCUT2D eigenvalue weighted by Gasteiger charge is 2.14. The minimum Gasteiger partial charge on any atom is -0.493 e. The lowest BCUT2D eigenvalue weighted by Crippen LogP contribution is -2.22. The third-order valence-electron chi connectivity index (χ3n) is 2.52. The number of carbonyl (C=O) groups excluding carboxylic acids is 1. The van der Waals surface area contributed by atoms with Gasteiger partial charge in [-0.1, -0.05) is 18.5 Å². The highest BCUT2D eigenvalue weighted by atomic mass is 35.5. The van der Waals surface area contributed by atoms with Crippen molar-refractivity contribution in [3.8, 4) is 11.5 Å². The number of ether oxygens (including phenoxy) is 3. The van der Waals surface area contributed by atoms with Crippen LogP contribution in [0.1, 0.15) is 39.7 Å². The highest BCUT2D eigenvalue weighted by molar-refractivity contribution is 6.32. The van der Waals surface area contributed by atoms with Gasteiger partial charge in [-0.2, -0.15) is 0 Å². The number of rotatable bonds is 6. The average Bonchev–Trinajstić information content (AvgIpc) is 2.41. The average molecular weight is 327 g/mol. The minimum absolute atomic E-state index is 0.408. The summed E-state index contributed by atoms with van der Waals surface area (Å²) >= 11 is 6.22. The van der Waals surface area contributed by atoms with Crippen LogP contribution in [0.4, 0.5) is 0 Å². The molecular weight excluding hydrogens is 304 g/mol. The maximum absolute atomic E-state index is 11.7. The first-order valence-electron chi connectivity index (χ1n) is 7.18. The van der Waals surface area contributed by atoms with Gasteiger partial charge in [0.1, 0.15) is 5.60 Å². The lowest BCUT2D eigenvalue weighted by molar-refractivity contribution is -0.148. The van der Waals surface area contributed by atoms with E-state index in [1.165, 1.54) is 6.08 Å². The second kappa shape index (κ2) is 8.08. The molecule has 1 aromatic rings. The van der Waals surface area contributed by atoms with E-state index in [2.05, 4.69) is 0 Å². The Morgan fingerprint density at radius 2 is 2.00 bits per heavy atom. The van der Waals surface area contributed by atoms with Gasteiger partial charge >= 0.3 is 5.97 Å². The topological polar surface area (TPSA) is 44.8 Å². The second-order valence-corrected chi connectivity index (χ2v) is 6.16. The van der Waals surface area contributed by atoms with Crippen molar-refractivity contribution in [2.75, 3.05) is 13.7 Å². The fourth-order valence-corrected chi connectivity index (χ4v) is 1.95. The van der Waals surface area contributed by atoms with E-state index >= 15 is 0 Å². The van der Waals surface area contributed by atoms with Gasteiger partial charge in [0.05, 0.1) is 18.7 Å². The van der Waals surface area contributed by atoms with Crippen molar-refractivity contribution in [1.82, 2.24) is 0 Å². The number of carbonyl (C=O) groups is 1. The summed E-state index contributed by atoms with van der Waals surface area (Å²) in [6.07, 6.45) is 3.87. The van der Waals surface area contributed by atoms with Crippen molar-refractivity contribution in [2.45, 2.75) is 39.7 Å². The zero-order chi connectivity index (χ0) is 16.8. The van der Waals surface area contributed by atoms with E-state index in [9.17, 15) is 4.79 Å². The van der Waals surface area contributed by atoms with Crippen molar-refractivity contribution in [2.24, 2.45) is 0 Å². The lowest BCUT2D eigenvalue weighted by atomic mass is 10.1. The van der Waals surface area contributed by atoms with E-state index in [0.717, 1.165) is 12.0 Å². The van der Waals surface area contributed by atoms with E-state index in [-0.39, 0.29) is 0 Å². The number of methoxy groups -OCH3 is 1. The highest BCUT2D eigenvalue weighted by Crippen LogP contribution is 2.36. The Morgan fingerprint density at radius 3 is 2.55 bits per heavy atom. The lowest BCUT2D eigenvalue weighted by Gasteiger charge is -2.18. The molecule has 0 aliphatic rings. The molecule has 0 atom stereocenters. The molecule has 0 amide bonds. The fourth-order valence-electron chi connectivity index (χ4n) is 1.68. The molecule has 0 saturated heterocycles. The molecule has 5 heteroatoms. The summed E-state index contributed by atoms with van der Waals surface area (Å²) in [5.74, 6) is 0.638. The normalized spacial score (nSPS) is 11.5. The fraction of sp³-hybridized carbons (Fsp3) is 0.471. The molecule has 0 unspecified atom stereocenters. The molecule has 0 radical (unpaired) electrons. The number of hydrogen-bond donors (Lipinski definition) is 0. The molecule has 0 spiro atoms. The summed E-state index contributed by atoms with van der Waals surface area (Å²) in [7, 11) is 1.55. The van der Waals surface area contributed by atoms with Crippen molar-refractivity contribution in [1.29, 1.82) is 0 Å². The van der Waals surface area contributed by atoms with Crippen molar-refractivity contribution in [3.05, 3.63) is 28.8 Å². The maximum atomic E-state index is 11.7. The Hall–Kier alpha value is -1.68. The second-order valence-electron chi connectivity index (χ2n) is 5.75. The summed E-state index contributed by atoms with van der Waals surface area (Å²) < 4.78 is 16.1. The Bertz CT molecular complexity index is 544. The van der Waals surface area contributed by atoms with Gasteiger partial charge in [0.2, 0.25) is 0 Å². The number of hydrogen-bond acceptors (Lipinski definition) is 4. The number of halogens is 1. The monoisotopic (exact) mass is 326 g/mol. The first kappa shape index (κ1) is 18.4.